The molecular weight excluding hydrogens is 336 g/mol. The van der Waals surface area contributed by atoms with E-state index >= 15 is 0 Å². The second-order valence-corrected chi connectivity index (χ2v) is 8.93. The monoisotopic (exact) mass is 364 g/mol. The van der Waals surface area contributed by atoms with Crippen LogP contribution in [0.25, 0.3) is 0 Å². The van der Waals surface area contributed by atoms with Crippen molar-refractivity contribution in [1.82, 2.24) is 0 Å². The molecule has 3 aliphatic carbocycles. The van der Waals surface area contributed by atoms with E-state index in [0.29, 0.717) is 25.7 Å². The molecule has 1 fully saturated rings. The van der Waals surface area contributed by atoms with Crippen molar-refractivity contribution in [3.63, 3.8) is 0 Å². The van der Waals surface area contributed by atoms with Crippen LogP contribution >= 0.6 is 0 Å². The Balaban J connectivity index is 2.34. The zero-order valence-electron chi connectivity index (χ0n) is 15.7. The summed E-state index contributed by atoms with van der Waals surface area (Å²) in [5.41, 5.74) is -1.26. The summed E-state index contributed by atoms with van der Waals surface area (Å²) >= 11 is 0. The lowest BCUT2D eigenvalue weighted by atomic mass is 9.65. The number of aliphatic hydroxyl groups excluding tert-OH is 3. The Hall–Kier alpha value is -1.66. The van der Waals surface area contributed by atoms with Crippen molar-refractivity contribution in [2.45, 2.75) is 65.6 Å². The van der Waals surface area contributed by atoms with Gasteiger partial charge in [0.15, 0.2) is 5.78 Å². The maximum Gasteiger partial charge on any atom is 0.334 e. The number of hydrogen-bond acceptors (Lipinski definition) is 5. The van der Waals surface area contributed by atoms with E-state index < -0.39 is 34.8 Å². The van der Waals surface area contributed by atoms with Crippen LogP contribution in [0.4, 0.5) is 0 Å². The first-order valence-corrected chi connectivity index (χ1v) is 9.28. The molecule has 144 valence electrons. The molecule has 0 aliphatic heterocycles. The number of Topliss-reactive ketones (excluding diaryl/α,β-unsaturated/α-hetero) is 1. The summed E-state index contributed by atoms with van der Waals surface area (Å²) in [6.45, 7) is 7.66. The first kappa shape index (κ1) is 19.1. The number of allylic oxidation sites excluding steroid dienone is 1. The van der Waals surface area contributed by atoms with Gasteiger partial charge in [-0.05, 0) is 37.0 Å². The molecule has 5 atom stereocenters. The van der Waals surface area contributed by atoms with Crippen LogP contribution < -0.4 is 0 Å². The van der Waals surface area contributed by atoms with Gasteiger partial charge in [0.05, 0.1) is 11.7 Å². The van der Waals surface area contributed by atoms with E-state index in [9.17, 15) is 30.0 Å². The predicted octanol–water partition coefficient (Wildman–Crippen LogP) is 2.36. The number of aliphatic carboxylic acids is 1. The summed E-state index contributed by atoms with van der Waals surface area (Å²) in [6, 6.07) is 0. The molecule has 6 heteroatoms. The standard InChI is InChI=1S/C20H28O6/c1-9(2)12-16(23)17(24)14-15(22)13-11(18(25)26)10(21)5-6-19(13,3)7-8-20(12,14)4/h9-10,12,16,21-23H,5-8H2,1-4H3,(H,25,26)/t10-,12-,16+,19-,20+/m0/s1. The summed E-state index contributed by atoms with van der Waals surface area (Å²) in [5, 5.41) is 41.6. The summed E-state index contributed by atoms with van der Waals surface area (Å²) in [7, 11) is 0. The molecule has 0 heterocycles. The van der Waals surface area contributed by atoms with Gasteiger partial charge in [0, 0.05) is 22.5 Å². The smallest absolute Gasteiger partial charge is 0.334 e. The third-order valence-electron chi connectivity index (χ3n) is 6.96. The summed E-state index contributed by atoms with van der Waals surface area (Å²) in [4.78, 5) is 24.7. The van der Waals surface area contributed by atoms with Crippen LogP contribution in [-0.2, 0) is 9.59 Å². The summed E-state index contributed by atoms with van der Waals surface area (Å²) in [5.74, 6) is -2.45. The molecule has 1 saturated carbocycles. The maximum absolute atomic E-state index is 12.9. The molecule has 0 aromatic carbocycles. The highest BCUT2D eigenvalue weighted by molar-refractivity contribution is 6.04. The molecule has 0 unspecified atom stereocenters. The average molecular weight is 364 g/mol. The number of hydrogen-bond donors (Lipinski definition) is 4. The number of fused-ring (bicyclic) bond motifs is 2. The van der Waals surface area contributed by atoms with E-state index in [-0.39, 0.29) is 34.3 Å². The maximum atomic E-state index is 12.9. The molecule has 3 aliphatic rings. The first-order valence-electron chi connectivity index (χ1n) is 9.28. The number of ketones is 1. The molecule has 6 nitrogen and oxygen atoms in total. The number of aliphatic hydroxyl groups is 3. The van der Waals surface area contributed by atoms with E-state index in [1.165, 1.54) is 0 Å². The molecule has 0 bridgehead atoms. The number of carbonyl (C=O) groups is 2. The van der Waals surface area contributed by atoms with Crippen LogP contribution in [-0.4, -0.2) is 44.4 Å². The number of carboxylic acids is 1. The van der Waals surface area contributed by atoms with Gasteiger partial charge >= 0.3 is 5.97 Å². The van der Waals surface area contributed by atoms with E-state index in [2.05, 4.69) is 0 Å². The predicted molar refractivity (Wildman–Crippen MR) is 94.3 cm³/mol. The van der Waals surface area contributed by atoms with Crippen LogP contribution in [0.15, 0.2) is 22.5 Å². The van der Waals surface area contributed by atoms with Crippen molar-refractivity contribution in [3.8, 4) is 0 Å². The summed E-state index contributed by atoms with van der Waals surface area (Å²) in [6.07, 6.45) is -0.379. The van der Waals surface area contributed by atoms with Gasteiger partial charge in [0.1, 0.15) is 11.9 Å². The van der Waals surface area contributed by atoms with Crippen molar-refractivity contribution in [2.24, 2.45) is 22.7 Å². The fourth-order valence-electron chi connectivity index (χ4n) is 5.68. The number of rotatable bonds is 2. The molecule has 26 heavy (non-hydrogen) atoms. The van der Waals surface area contributed by atoms with Crippen LogP contribution in [0.1, 0.15) is 53.4 Å². The lowest BCUT2D eigenvalue weighted by molar-refractivity contribution is -0.134. The molecule has 3 rings (SSSR count). The van der Waals surface area contributed by atoms with Gasteiger partial charge in [-0.15, -0.1) is 0 Å². The second-order valence-electron chi connectivity index (χ2n) is 8.93. The Kier molecular flexibility index (Phi) is 4.36. The topological polar surface area (TPSA) is 115 Å². The Labute approximate surface area is 153 Å². The Morgan fingerprint density at radius 3 is 2.27 bits per heavy atom. The van der Waals surface area contributed by atoms with E-state index in [1.807, 2.05) is 27.7 Å². The molecule has 0 spiro atoms. The Morgan fingerprint density at radius 2 is 1.73 bits per heavy atom. The van der Waals surface area contributed by atoms with Gasteiger partial charge in [0.2, 0.25) is 0 Å². The largest absolute Gasteiger partial charge is 0.507 e. The van der Waals surface area contributed by atoms with Gasteiger partial charge in [0.25, 0.3) is 0 Å². The highest BCUT2D eigenvalue weighted by atomic mass is 16.4. The lowest BCUT2D eigenvalue weighted by Gasteiger charge is -2.39. The SMILES string of the molecule is CC(C)[C@H]1[C@@H](O)C(=O)C2=C(O)C3=C(C(=O)O)[C@@H](O)CC[C@@]3(C)CC[C@@]21C. The first-order chi connectivity index (χ1) is 12.0. The highest BCUT2D eigenvalue weighted by Gasteiger charge is 2.59. The third-order valence-corrected chi connectivity index (χ3v) is 6.96. The fourth-order valence-corrected chi connectivity index (χ4v) is 5.68. The van der Waals surface area contributed by atoms with Crippen LogP contribution in [0.5, 0.6) is 0 Å². The minimum atomic E-state index is -1.28. The van der Waals surface area contributed by atoms with Gasteiger partial charge in [-0.2, -0.15) is 0 Å². The Bertz CT molecular complexity index is 733. The molecule has 0 amide bonds. The minimum absolute atomic E-state index is 0.0238. The minimum Gasteiger partial charge on any atom is -0.507 e. The van der Waals surface area contributed by atoms with Gasteiger partial charge in [-0.1, -0.05) is 27.7 Å². The van der Waals surface area contributed by atoms with Crippen molar-refractivity contribution in [1.29, 1.82) is 0 Å². The quantitative estimate of drug-likeness (QED) is 0.598. The van der Waals surface area contributed by atoms with Crippen molar-refractivity contribution >= 4 is 11.8 Å². The van der Waals surface area contributed by atoms with Gasteiger partial charge in [-0.25, -0.2) is 4.79 Å². The van der Waals surface area contributed by atoms with Crippen molar-refractivity contribution in [3.05, 3.63) is 22.5 Å². The zero-order chi connectivity index (χ0) is 19.6. The van der Waals surface area contributed by atoms with Crippen LogP contribution in [0.3, 0.4) is 0 Å². The molecule has 0 saturated heterocycles. The zero-order valence-corrected chi connectivity index (χ0v) is 15.7. The molecular formula is C20H28O6. The van der Waals surface area contributed by atoms with Gasteiger partial charge in [-0.3, -0.25) is 4.79 Å². The average Bonchev–Trinajstić information content (AvgIpc) is 2.68. The third kappa shape index (κ3) is 2.38. The summed E-state index contributed by atoms with van der Waals surface area (Å²) < 4.78 is 0. The van der Waals surface area contributed by atoms with E-state index in [1.54, 1.807) is 0 Å². The second kappa shape index (κ2) is 5.92. The molecule has 0 radical (unpaired) electrons. The van der Waals surface area contributed by atoms with Crippen molar-refractivity contribution in [2.75, 3.05) is 0 Å². The normalized spacial score (nSPS) is 40.6. The van der Waals surface area contributed by atoms with E-state index in [4.69, 9.17) is 0 Å². The Morgan fingerprint density at radius 1 is 1.12 bits per heavy atom. The van der Waals surface area contributed by atoms with Crippen molar-refractivity contribution < 1.29 is 30.0 Å². The number of carbonyl (C=O) groups excluding carboxylic acids is 1. The van der Waals surface area contributed by atoms with Gasteiger partial charge < -0.3 is 20.4 Å². The highest BCUT2D eigenvalue weighted by Crippen LogP contribution is 2.60. The molecule has 4 N–H and O–H groups in total. The van der Waals surface area contributed by atoms with Crippen LogP contribution in [0, 0.1) is 22.7 Å². The fraction of sp³-hybridized carbons (Fsp3) is 0.700. The lowest BCUT2D eigenvalue weighted by Crippen LogP contribution is -2.36. The van der Waals surface area contributed by atoms with E-state index in [0.717, 1.165) is 0 Å². The number of carboxylic acid groups (broad SMARTS) is 1. The van der Waals surface area contributed by atoms with Crippen LogP contribution in [0.2, 0.25) is 0 Å². The molecule has 0 aromatic rings. The molecule has 0 aromatic heterocycles.